The summed E-state index contributed by atoms with van der Waals surface area (Å²) in [6.07, 6.45) is 2.22. The molecule has 18 nitrogen and oxygen atoms in total. The molecule has 21 heteroatoms. The number of hydrogen-bond donors (Lipinski definition) is 7. The highest BCUT2D eigenvalue weighted by Gasteiger charge is 2.56. The SMILES string of the molecule is CC(C)=CCCC(C)=CC[C@@]1(n2cnc3c(O)ncnc32)O[C@H](COP(=O)(O)OP(=O)(O)OP(=O)(O)O)[C@@H](O)[C@H]1O. The van der Waals surface area contributed by atoms with Gasteiger partial charge in [0.15, 0.2) is 16.9 Å². The van der Waals surface area contributed by atoms with Crippen LogP contribution in [0.2, 0.25) is 0 Å². The van der Waals surface area contributed by atoms with E-state index in [1.54, 1.807) is 6.08 Å². The van der Waals surface area contributed by atoms with E-state index in [9.17, 15) is 38.8 Å². The summed E-state index contributed by atoms with van der Waals surface area (Å²) < 4.78 is 53.9. The smallest absolute Gasteiger partial charge is 0.490 e. The number of allylic oxidation sites excluding steroid dienone is 3. The van der Waals surface area contributed by atoms with Gasteiger partial charge in [-0.15, -0.1) is 0 Å². The highest BCUT2D eigenvalue weighted by atomic mass is 31.3. The molecule has 0 saturated carbocycles. The summed E-state index contributed by atoms with van der Waals surface area (Å²) in [6.45, 7) is 4.75. The molecule has 6 atom stereocenters. The maximum atomic E-state index is 12.2. The van der Waals surface area contributed by atoms with Crippen LogP contribution in [0.25, 0.3) is 11.2 Å². The summed E-state index contributed by atoms with van der Waals surface area (Å²) in [5, 5.41) is 32.1. The fourth-order valence-electron chi connectivity index (χ4n) is 4.05. The van der Waals surface area contributed by atoms with Crippen molar-refractivity contribution in [1.29, 1.82) is 0 Å². The second-order valence-corrected chi connectivity index (χ2v) is 13.8. The minimum atomic E-state index is -5.78. The van der Waals surface area contributed by atoms with Crippen molar-refractivity contribution < 1.29 is 66.5 Å². The van der Waals surface area contributed by atoms with Crippen LogP contribution in [0.4, 0.5) is 0 Å². The van der Waals surface area contributed by atoms with E-state index in [1.165, 1.54) is 10.9 Å². The molecule has 2 aromatic heterocycles. The standard InChI is InChI=1S/C20H31N4O14P3/c1-12(2)5-4-6-13(3)7-8-20(24-11-23-15-18(24)21-10-22-19(15)27)17(26)16(25)14(36-20)9-35-40(31,32)38-41(33,34)37-39(28,29)30/h5,7,10-11,14,16-17,25-26H,4,6,8-9H2,1-3H3,(H,31,32)(H,33,34)(H,21,22,27)(H2,28,29,30)/t14-,16-,17-,20-/m1/s1. The summed E-state index contributed by atoms with van der Waals surface area (Å²) in [5.41, 5.74) is 0.156. The lowest BCUT2D eigenvalue weighted by Gasteiger charge is -2.33. The Bertz CT molecular complexity index is 1450. The molecule has 1 aliphatic heterocycles. The molecule has 0 bridgehead atoms. The molecule has 3 rings (SSSR count). The zero-order chi connectivity index (χ0) is 30.8. The zero-order valence-electron chi connectivity index (χ0n) is 22.0. The van der Waals surface area contributed by atoms with Gasteiger partial charge >= 0.3 is 23.5 Å². The van der Waals surface area contributed by atoms with Gasteiger partial charge in [-0.2, -0.15) is 13.6 Å². The second-order valence-electron chi connectivity index (χ2n) is 9.38. The number of nitrogens with zero attached hydrogens (tertiary/aromatic N) is 4. The Morgan fingerprint density at radius 2 is 1.73 bits per heavy atom. The third kappa shape index (κ3) is 8.58. The molecule has 1 aliphatic rings. The van der Waals surface area contributed by atoms with E-state index in [4.69, 9.17) is 14.5 Å². The molecule has 0 aliphatic carbocycles. The number of phosphoric ester groups is 1. The average Bonchev–Trinajstić information content (AvgIpc) is 3.35. The van der Waals surface area contributed by atoms with Crippen LogP contribution in [0.3, 0.4) is 0 Å². The van der Waals surface area contributed by atoms with Gasteiger partial charge in [0.1, 0.15) is 24.6 Å². The van der Waals surface area contributed by atoms with Gasteiger partial charge in [0.05, 0.1) is 12.9 Å². The number of phosphoric acid groups is 3. The normalized spacial score (nSPS) is 26.6. The Balaban J connectivity index is 1.90. The molecule has 41 heavy (non-hydrogen) atoms. The molecule has 0 aromatic carbocycles. The van der Waals surface area contributed by atoms with Gasteiger partial charge < -0.3 is 39.6 Å². The van der Waals surface area contributed by atoms with Crippen molar-refractivity contribution in [2.45, 2.75) is 64.1 Å². The lowest BCUT2D eigenvalue weighted by atomic mass is 9.97. The summed E-state index contributed by atoms with van der Waals surface area (Å²) in [4.78, 5) is 48.3. The van der Waals surface area contributed by atoms with Gasteiger partial charge in [0.2, 0.25) is 5.88 Å². The molecule has 0 amide bonds. The third-order valence-electron chi connectivity index (χ3n) is 5.90. The summed E-state index contributed by atoms with van der Waals surface area (Å²) in [7, 11) is -16.9. The van der Waals surface area contributed by atoms with Crippen molar-refractivity contribution in [2.75, 3.05) is 6.61 Å². The number of hydrogen-bond acceptors (Lipinski definition) is 13. The van der Waals surface area contributed by atoms with Gasteiger partial charge in [0, 0.05) is 6.42 Å². The first-order valence-corrected chi connectivity index (χ1v) is 16.4. The molecule has 2 aromatic rings. The van der Waals surface area contributed by atoms with Gasteiger partial charge in [-0.3, -0.25) is 9.09 Å². The molecule has 7 N–H and O–H groups in total. The van der Waals surface area contributed by atoms with Crippen molar-refractivity contribution >= 4 is 34.6 Å². The van der Waals surface area contributed by atoms with E-state index in [-0.39, 0.29) is 17.6 Å². The topological polar surface area (TPSA) is 273 Å². The Morgan fingerprint density at radius 1 is 1.05 bits per heavy atom. The van der Waals surface area contributed by atoms with Crippen LogP contribution in [-0.2, 0) is 37.3 Å². The number of aromatic hydroxyl groups is 1. The van der Waals surface area contributed by atoms with Crippen molar-refractivity contribution in [1.82, 2.24) is 19.5 Å². The first kappa shape index (κ1) is 33.6. The third-order valence-corrected chi connectivity index (χ3v) is 9.70. The fraction of sp³-hybridized carbons (Fsp3) is 0.550. The van der Waals surface area contributed by atoms with E-state index in [1.807, 2.05) is 26.8 Å². The van der Waals surface area contributed by atoms with E-state index < -0.39 is 60.0 Å². The van der Waals surface area contributed by atoms with Gasteiger partial charge in [-0.1, -0.05) is 23.3 Å². The molecule has 0 spiro atoms. The quantitative estimate of drug-likeness (QED) is 0.121. The van der Waals surface area contributed by atoms with Crippen LogP contribution in [0.15, 0.2) is 36.0 Å². The number of rotatable bonds is 13. The Kier molecular flexibility index (Phi) is 10.5. The molecule has 1 fully saturated rings. The van der Waals surface area contributed by atoms with Crippen LogP contribution in [0, 0.1) is 0 Å². The van der Waals surface area contributed by atoms with Gasteiger partial charge in [0.25, 0.3) is 0 Å². The van der Waals surface area contributed by atoms with Crippen LogP contribution >= 0.6 is 23.5 Å². The van der Waals surface area contributed by atoms with E-state index in [0.717, 1.165) is 23.9 Å². The molecule has 3 heterocycles. The Labute approximate surface area is 233 Å². The van der Waals surface area contributed by atoms with Crippen LogP contribution in [0.5, 0.6) is 5.88 Å². The maximum absolute atomic E-state index is 12.2. The highest BCUT2D eigenvalue weighted by molar-refractivity contribution is 7.66. The van der Waals surface area contributed by atoms with E-state index in [0.29, 0.717) is 6.42 Å². The van der Waals surface area contributed by atoms with Crippen molar-refractivity contribution in [3.8, 4) is 5.88 Å². The Hall–Kier alpha value is -1.88. The average molecular weight is 644 g/mol. The van der Waals surface area contributed by atoms with Crippen LogP contribution < -0.4 is 0 Å². The monoisotopic (exact) mass is 644 g/mol. The van der Waals surface area contributed by atoms with Crippen LogP contribution in [0.1, 0.15) is 40.0 Å². The largest absolute Gasteiger partial charge is 0.492 e. The number of aliphatic hydroxyl groups excluding tert-OH is 2. The molecule has 230 valence electrons. The van der Waals surface area contributed by atoms with Crippen molar-refractivity contribution in [2.24, 2.45) is 0 Å². The number of aromatic nitrogens is 4. The first-order valence-electron chi connectivity index (χ1n) is 11.8. The van der Waals surface area contributed by atoms with E-state index in [2.05, 4.69) is 28.1 Å². The second kappa shape index (κ2) is 12.8. The fourth-order valence-corrected chi connectivity index (χ4v) is 7.08. The summed E-state index contributed by atoms with van der Waals surface area (Å²) in [5.74, 6) is -0.463. The molecule has 2 unspecified atom stereocenters. The zero-order valence-corrected chi connectivity index (χ0v) is 24.7. The van der Waals surface area contributed by atoms with Crippen molar-refractivity contribution in [3.63, 3.8) is 0 Å². The predicted octanol–water partition coefficient (Wildman–Crippen LogP) is 1.73. The minimum absolute atomic E-state index is 0.0212. The van der Waals surface area contributed by atoms with Crippen molar-refractivity contribution in [3.05, 3.63) is 36.0 Å². The number of aliphatic hydroxyl groups is 2. The number of ether oxygens (including phenoxy) is 1. The lowest BCUT2D eigenvalue weighted by molar-refractivity contribution is -0.142. The molecular weight excluding hydrogens is 613 g/mol. The lowest BCUT2D eigenvalue weighted by Crippen LogP contribution is -2.45. The van der Waals surface area contributed by atoms with E-state index >= 15 is 0 Å². The van der Waals surface area contributed by atoms with Crippen LogP contribution in [-0.4, -0.2) is 79.3 Å². The molecule has 1 saturated heterocycles. The Morgan fingerprint density at radius 3 is 2.37 bits per heavy atom. The summed E-state index contributed by atoms with van der Waals surface area (Å²) >= 11 is 0. The molecular formula is C20H31N4O14P3. The maximum Gasteiger partial charge on any atom is 0.490 e. The number of imidazole rings is 1. The highest BCUT2D eigenvalue weighted by Crippen LogP contribution is 2.66. The minimum Gasteiger partial charge on any atom is -0.492 e. The first-order chi connectivity index (χ1) is 18.9. The molecule has 0 radical (unpaired) electrons. The number of fused-ring (bicyclic) bond motifs is 1. The summed E-state index contributed by atoms with van der Waals surface area (Å²) in [6, 6.07) is 0. The van der Waals surface area contributed by atoms with Gasteiger partial charge in [-0.05, 0) is 33.6 Å². The van der Waals surface area contributed by atoms with Gasteiger partial charge in [-0.25, -0.2) is 23.7 Å². The predicted molar refractivity (Wildman–Crippen MR) is 139 cm³/mol.